The lowest BCUT2D eigenvalue weighted by Crippen LogP contribution is -2.47. The third kappa shape index (κ3) is 3.47. The second-order valence-electron chi connectivity index (χ2n) is 4.68. The van der Waals surface area contributed by atoms with Gasteiger partial charge in [0.25, 0.3) is 0 Å². The number of sulfonamides is 1. The lowest BCUT2D eigenvalue weighted by atomic mass is 10.0. The van der Waals surface area contributed by atoms with Crippen LogP contribution in [-0.4, -0.2) is 31.3 Å². The molecule has 1 aliphatic heterocycles. The van der Waals surface area contributed by atoms with Crippen LogP contribution in [0.4, 0.5) is 0 Å². The summed E-state index contributed by atoms with van der Waals surface area (Å²) >= 11 is 7.23. The van der Waals surface area contributed by atoms with Gasteiger partial charge in [-0.2, -0.15) is 21.7 Å². The first-order valence-electron chi connectivity index (χ1n) is 6.19. The summed E-state index contributed by atoms with van der Waals surface area (Å²) in [4.78, 5) is 0.183. The lowest BCUT2D eigenvalue weighted by molar-refractivity contribution is 0.515. The molecule has 20 heavy (non-hydrogen) atoms. The van der Waals surface area contributed by atoms with Crippen molar-refractivity contribution < 1.29 is 8.42 Å². The zero-order chi connectivity index (χ0) is 14.6. The number of hydrogen-bond donors (Lipinski definition) is 1. The normalized spacial score (nSPS) is 22.6. The fourth-order valence-corrected chi connectivity index (χ4v) is 4.94. The molecular formula is C13H15ClN2O2S2. The monoisotopic (exact) mass is 330 g/mol. The average molecular weight is 331 g/mol. The van der Waals surface area contributed by atoms with E-state index in [0.717, 1.165) is 11.3 Å². The maximum atomic E-state index is 12.3. The number of benzene rings is 1. The van der Waals surface area contributed by atoms with Gasteiger partial charge in [0, 0.05) is 11.6 Å². The van der Waals surface area contributed by atoms with Gasteiger partial charge in [-0.15, -0.1) is 11.6 Å². The van der Waals surface area contributed by atoms with E-state index in [2.05, 4.69) is 10.8 Å². The lowest BCUT2D eigenvalue weighted by Gasteiger charge is -2.21. The van der Waals surface area contributed by atoms with E-state index in [4.69, 9.17) is 11.6 Å². The van der Waals surface area contributed by atoms with Crippen molar-refractivity contribution in [1.29, 1.82) is 5.26 Å². The molecule has 1 fully saturated rings. The molecule has 1 unspecified atom stereocenters. The predicted molar refractivity (Wildman–Crippen MR) is 81.5 cm³/mol. The Labute approximate surface area is 128 Å². The van der Waals surface area contributed by atoms with E-state index in [1.54, 1.807) is 36.0 Å². The molecule has 1 aromatic carbocycles. The van der Waals surface area contributed by atoms with Crippen LogP contribution < -0.4 is 4.72 Å². The summed E-state index contributed by atoms with van der Waals surface area (Å²) in [5, 5.41) is 9.24. The third-order valence-electron chi connectivity index (χ3n) is 3.18. The molecule has 1 heterocycles. The fraction of sp³-hybridized carbons (Fsp3) is 0.462. The van der Waals surface area contributed by atoms with E-state index < -0.39 is 15.6 Å². The van der Waals surface area contributed by atoms with E-state index in [1.807, 2.05) is 0 Å². The summed E-state index contributed by atoms with van der Waals surface area (Å²) in [6.45, 7) is 0. The second kappa shape index (κ2) is 6.35. The highest BCUT2D eigenvalue weighted by Crippen LogP contribution is 2.29. The van der Waals surface area contributed by atoms with Crippen LogP contribution in [0.5, 0.6) is 0 Å². The van der Waals surface area contributed by atoms with Gasteiger partial charge in [0.15, 0.2) is 0 Å². The molecule has 0 spiro atoms. The van der Waals surface area contributed by atoms with Gasteiger partial charge in [-0.3, -0.25) is 0 Å². The molecule has 1 saturated heterocycles. The van der Waals surface area contributed by atoms with Crippen molar-refractivity contribution in [3.63, 3.8) is 0 Å². The van der Waals surface area contributed by atoms with Crippen molar-refractivity contribution in [3.05, 3.63) is 29.8 Å². The molecule has 0 amide bonds. The zero-order valence-corrected chi connectivity index (χ0v) is 13.2. The topological polar surface area (TPSA) is 70.0 Å². The third-order valence-corrected chi connectivity index (χ3v) is 6.11. The van der Waals surface area contributed by atoms with Crippen molar-refractivity contribution in [3.8, 4) is 6.07 Å². The Kier molecular flexibility index (Phi) is 4.97. The van der Waals surface area contributed by atoms with Crippen molar-refractivity contribution in [1.82, 2.24) is 4.72 Å². The SMILES string of the molecule is N#CC1(NS(=O)(=O)c2ccc(CCCl)cc2)CCSC1. The quantitative estimate of drug-likeness (QED) is 0.840. The van der Waals surface area contributed by atoms with Crippen molar-refractivity contribution in [2.75, 3.05) is 17.4 Å². The highest BCUT2D eigenvalue weighted by molar-refractivity contribution is 7.99. The van der Waals surface area contributed by atoms with E-state index in [0.29, 0.717) is 24.5 Å². The molecule has 108 valence electrons. The van der Waals surface area contributed by atoms with Crippen molar-refractivity contribution in [2.24, 2.45) is 0 Å². The van der Waals surface area contributed by atoms with Gasteiger partial charge >= 0.3 is 0 Å². The number of aryl methyl sites for hydroxylation is 1. The van der Waals surface area contributed by atoms with Crippen LogP contribution >= 0.6 is 23.4 Å². The Morgan fingerprint density at radius 2 is 2.10 bits per heavy atom. The van der Waals surface area contributed by atoms with Gasteiger partial charge in [-0.25, -0.2) is 8.42 Å². The van der Waals surface area contributed by atoms with Gasteiger partial charge in [0.05, 0.1) is 11.0 Å². The minimum atomic E-state index is -3.66. The molecule has 2 rings (SSSR count). The predicted octanol–water partition coefficient (Wildman–Crippen LogP) is 2.15. The number of alkyl halides is 1. The Balaban J connectivity index is 2.20. The highest BCUT2D eigenvalue weighted by atomic mass is 35.5. The van der Waals surface area contributed by atoms with Gasteiger partial charge in [-0.1, -0.05) is 12.1 Å². The highest BCUT2D eigenvalue weighted by Gasteiger charge is 2.38. The Hall–Kier alpha value is -0.740. The molecule has 4 nitrogen and oxygen atoms in total. The Bertz CT molecular complexity index is 602. The Morgan fingerprint density at radius 1 is 1.40 bits per heavy atom. The molecule has 1 aliphatic rings. The first-order chi connectivity index (χ1) is 9.51. The summed E-state index contributed by atoms with van der Waals surface area (Å²) in [7, 11) is -3.66. The van der Waals surface area contributed by atoms with Crippen LogP contribution in [-0.2, 0) is 16.4 Å². The van der Waals surface area contributed by atoms with Crippen LogP contribution in [0.2, 0.25) is 0 Å². The summed E-state index contributed by atoms with van der Waals surface area (Å²) in [5.41, 5.74) is 0.0172. The number of rotatable bonds is 5. The molecule has 0 aromatic heterocycles. The molecule has 0 bridgehead atoms. The molecule has 7 heteroatoms. The van der Waals surface area contributed by atoms with E-state index >= 15 is 0 Å². The minimum Gasteiger partial charge on any atom is -0.207 e. The fourth-order valence-electron chi connectivity index (χ4n) is 2.02. The van der Waals surface area contributed by atoms with Crippen molar-refractivity contribution >= 4 is 33.4 Å². The number of nitriles is 1. The van der Waals surface area contributed by atoms with Gasteiger partial charge in [0.1, 0.15) is 5.54 Å². The molecule has 1 atom stereocenters. The van der Waals surface area contributed by atoms with Crippen molar-refractivity contribution in [2.45, 2.75) is 23.3 Å². The summed E-state index contributed by atoms with van der Waals surface area (Å²) < 4.78 is 27.2. The second-order valence-corrected chi connectivity index (χ2v) is 7.85. The zero-order valence-electron chi connectivity index (χ0n) is 10.8. The van der Waals surface area contributed by atoms with E-state index in [-0.39, 0.29) is 4.90 Å². The summed E-state index contributed by atoms with van der Waals surface area (Å²) in [5.74, 6) is 1.79. The van der Waals surface area contributed by atoms with E-state index in [1.165, 1.54) is 0 Å². The van der Waals surface area contributed by atoms with Crippen LogP contribution in [0.3, 0.4) is 0 Å². The molecule has 1 N–H and O–H groups in total. The molecule has 0 saturated carbocycles. The molecule has 0 aliphatic carbocycles. The van der Waals surface area contributed by atoms with Gasteiger partial charge in [-0.05, 0) is 36.3 Å². The standard InChI is InChI=1S/C13H15ClN2O2S2/c14-7-5-11-1-3-12(4-2-11)20(17,18)16-13(9-15)6-8-19-10-13/h1-4,16H,5-8,10H2. The molecule has 0 radical (unpaired) electrons. The average Bonchev–Trinajstić information content (AvgIpc) is 2.88. The Morgan fingerprint density at radius 3 is 2.60 bits per heavy atom. The van der Waals surface area contributed by atoms with Gasteiger partial charge < -0.3 is 0 Å². The number of nitrogens with one attached hydrogen (secondary N) is 1. The number of thioether (sulfide) groups is 1. The summed E-state index contributed by atoms with van der Waals surface area (Å²) in [6.07, 6.45) is 1.24. The summed E-state index contributed by atoms with van der Waals surface area (Å²) in [6, 6.07) is 8.71. The first kappa shape index (κ1) is 15.6. The number of halogens is 1. The maximum Gasteiger partial charge on any atom is 0.241 e. The number of nitrogens with zero attached hydrogens (tertiary/aromatic N) is 1. The largest absolute Gasteiger partial charge is 0.241 e. The maximum absolute atomic E-state index is 12.3. The number of hydrogen-bond acceptors (Lipinski definition) is 4. The van der Waals surface area contributed by atoms with Crippen LogP contribution in [0.1, 0.15) is 12.0 Å². The van der Waals surface area contributed by atoms with E-state index in [9.17, 15) is 13.7 Å². The van der Waals surface area contributed by atoms with Crippen LogP contribution in [0.15, 0.2) is 29.2 Å². The van der Waals surface area contributed by atoms with Crippen LogP contribution in [0, 0.1) is 11.3 Å². The molecule has 1 aromatic rings. The first-order valence-corrected chi connectivity index (χ1v) is 9.36. The smallest absolute Gasteiger partial charge is 0.207 e. The van der Waals surface area contributed by atoms with Crippen LogP contribution in [0.25, 0.3) is 0 Å². The minimum absolute atomic E-state index is 0.183. The van der Waals surface area contributed by atoms with Gasteiger partial charge in [0.2, 0.25) is 10.0 Å². The molecular weight excluding hydrogens is 316 g/mol.